The zero-order chi connectivity index (χ0) is 12.3. The van der Waals surface area contributed by atoms with E-state index in [2.05, 4.69) is 48.7 Å². The summed E-state index contributed by atoms with van der Waals surface area (Å²) in [5.41, 5.74) is 2.58. The van der Waals surface area contributed by atoms with E-state index in [-0.39, 0.29) is 5.91 Å². The Bertz CT molecular complexity index is 403. The largest absolute Gasteiger partial charge is 0.352 e. The number of aryl methyl sites for hydroxylation is 1. The molecular weight excluding hydrogens is 212 g/mol. The third-order valence-electron chi connectivity index (χ3n) is 3.30. The van der Waals surface area contributed by atoms with Crippen molar-refractivity contribution in [1.82, 2.24) is 10.6 Å². The molecule has 2 atom stereocenters. The maximum atomic E-state index is 11.1. The SMILES string of the molecule is Cc1cccc([C@@H](C)NCC2CCC(=O)N2)c1. The van der Waals surface area contributed by atoms with Crippen molar-refractivity contribution in [2.45, 2.75) is 38.8 Å². The minimum Gasteiger partial charge on any atom is -0.352 e. The van der Waals surface area contributed by atoms with Crippen molar-refractivity contribution < 1.29 is 4.79 Å². The van der Waals surface area contributed by atoms with Crippen LogP contribution in [0.5, 0.6) is 0 Å². The van der Waals surface area contributed by atoms with Crippen molar-refractivity contribution in [2.24, 2.45) is 0 Å². The van der Waals surface area contributed by atoms with E-state index < -0.39 is 0 Å². The second-order valence-electron chi connectivity index (χ2n) is 4.85. The number of hydrogen-bond donors (Lipinski definition) is 2. The number of benzene rings is 1. The van der Waals surface area contributed by atoms with Gasteiger partial charge in [0.25, 0.3) is 0 Å². The van der Waals surface area contributed by atoms with E-state index in [1.807, 2.05) is 0 Å². The van der Waals surface area contributed by atoms with Crippen LogP contribution in [0.4, 0.5) is 0 Å². The zero-order valence-corrected chi connectivity index (χ0v) is 10.5. The van der Waals surface area contributed by atoms with Crippen LogP contribution in [0.2, 0.25) is 0 Å². The molecule has 1 aromatic carbocycles. The summed E-state index contributed by atoms with van der Waals surface area (Å²) in [7, 11) is 0. The van der Waals surface area contributed by atoms with Crippen molar-refractivity contribution in [2.75, 3.05) is 6.54 Å². The van der Waals surface area contributed by atoms with Crippen molar-refractivity contribution in [3.8, 4) is 0 Å². The van der Waals surface area contributed by atoms with Crippen LogP contribution in [-0.4, -0.2) is 18.5 Å². The molecule has 1 fully saturated rings. The van der Waals surface area contributed by atoms with Crippen LogP contribution < -0.4 is 10.6 Å². The van der Waals surface area contributed by atoms with Gasteiger partial charge in [-0.15, -0.1) is 0 Å². The highest BCUT2D eigenvalue weighted by Gasteiger charge is 2.20. The quantitative estimate of drug-likeness (QED) is 0.832. The lowest BCUT2D eigenvalue weighted by atomic mass is 10.1. The van der Waals surface area contributed by atoms with Crippen LogP contribution >= 0.6 is 0 Å². The first kappa shape index (κ1) is 12.1. The van der Waals surface area contributed by atoms with Gasteiger partial charge >= 0.3 is 0 Å². The molecule has 0 bridgehead atoms. The maximum absolute atomic E-state index is 11.1. The minimum absolute atomic E-state index is 0.181. The molecule has 3 heteroatoms. The Balaban J connectivity index is 1.85. The first-order valence-electron chi connectivity index (χ1n) is 6.24. The van der Waals surface area contributed by atoms with Crippen LogP contribution in [0.15, 0.2) is 24.3 Å². The van der Waals surface area contributed by atoms with Gasteiger partial charge in [0.05, 0.1) is 0 Å². The zero-order valence-electron chi connectivity index (χ0n) is 10.5. The monoisotopic (exact) mass is 232 g/mol. The van der Waals surface area contributed by atoms with Gasteiger partial charge in [-0.05, 0) is 25.8 Å². The van der Waals surface area contributed by atoms with Crippen LogP contribution in [0.1, 0.15) is 36.9 Å². The Hall–Kier alpha value is -1.35. The molecule has 1 heterocycles. The third kappa shape index (κ3) is 3.30. The predicted molar refractivity (Wildman–Crippen MR) is 68.8 cm³/mol. The van der Waals surface area contributed by atoms with E-state index in [0.717, 1.165) is 13.0 Å². The van der Waals surface area contributed by atoms with E-state index in [1.165, 1.54) is 11.1 Å². The standard InChI is InChI=1S/C14H20N2O/c1-10-4-3-5-12(8-10)11(2)15-9-13-6-7-14(17)16-13/h3-5,8,11,13,15H,6-7,9H2,1-2H3,(H,16,17)/t11-,13?/m1/s1. The van der Waals surface area contributed by atoms with Gasteiger partial charge in [-0.1, -0.05) is 29.8 Å². The summed E-state index contributed by atoms with van der Waals surface area (Å²) in [6.07, 6.45) is 1.62. The van der Waals surface area contributed by atoms with E-state index in [1.54, 1.807) is 0 Å². The van der Waals surface area contributed by atoms with Gasteiger partial charge in [0.1, 0.15) is 0 Å². The lowest BCUT2D eigenvalue weighted by Gasteiger charge is -2.18. The van der Waals surface area contributed by atoms with Crippen molar-refractivity contribution in [1.29, 1.82) is 0 Å². The number of amides is 1. The molecule has 1 saturated heterocycles. The van der Waals surface area contributed by atoms with Crippen molar-refractivity contribution in [3.05, 3.63) is 35.4 Å². The van der Waals surface area contributed by atoms with E-state index in [4.69, 9.17) is 0 Å². The molecule has 1 amide bonds. The first-order valence-corrected chi connectivity index (χ1v) is 6.24. The van der Waals surface area contributed by atoms with Crippen molar-refractivity contribution >= 4 is 5.91 Å². The van der Waals surface area contributed by atoms with E-state index in [0.29, 0.717) is 18.5 Å². The highest BCUT2D eigenvalue weighted by atomic mass is 16.1. The summed E-state index contributed by atoms with van der Waals surface area (Å²) in [4.78, 5) is 11.1. The van der Waals surface area contributed by atoms with Gasteiger partial charge in [0.2, 0.25) is 5.91 Å². The molecule has 0 saturated carbocycles. The highest BCUT2D eigenvalue weighted by molar-refractivity contribution is 5.78. The Labute approximate surface area is 103 Å². The summed E-state index contributed by atoms with van der Waals surface area (Å²) < 4.78 is 0. The van der Waals surface area contributed by atoms with Gasteiger partial charge < -0.3 is 10.6 Å². The summed E-state index contributed by atoms with van der Waals surface area (Å²) in [5, 5.41) is 6.44. The van der Waals surface area contributed by atoms with Crippen LogP contribution in [-0.2, 0) is 4.79 Å². The molecule has 1 aliphatic heterocycles. The fourth-order valence-electron chi connectivity index (χ4n) is 2.21. The molecule has 92 valence electrons. The maximum Gasteiger partial charge on any atom is 0.220 e. The van der Waals surface area contributed by atoms with Gasteiger partial charge in [-0.3, -0.25) is 4.79 Å². The summed E-state index contributed by atoms with van der Waals surface area (Å²) in [5.74, 6) is 0.181. The molecule has 1 aromatic rings. The van der Waals surface area contributed by atoms with Gasteiger partial charge in [0.15, 0.2) is 0 Å². The number of hydrogen-bond acceptors (Lipinski definition) is 2. The van der Waals surface area contributed by atoms with Crippen molar-refractivity contribution in [3.63, 3.8) is 0 Å². The average molecular weight is 232 g/mol. The second-order valence-corrected chi connectivity index (χ2v) is 4.85. The topological polar surface area (TPSA) is 41.1 Å². The van der Waals surface area contributed by atoms with E-state index >= 15 is 0 Å². The molecule has 0 radical (unpaired) electrons. The van der Waals surface area contributed by atoms with E-state index in [9.17, 15) is 4.79 Å². The summed E-state index contributed by atoms with van der Waals surface area (Å²) in [6, 6.07) is 9.15. The number of nitrogens with one attached hydrogen (secondary N) is 2. The van der Waals surface area contributed by atoms with Crippen LogP contribution in [0.25, 0.3) is 0 Å². The normalized spacial score (nSPS) is 21.3. The third-order valence-corrected chi connectivity index (χ3v) is 3.30. The van der Waals surface area contributed by atoms with Gasteiger partial charge in [-0.25, -0.2) is 0 Å². The second kappa shape index (κ2) is 5.32. The molecular formula is C14H20N2O. The molecule has 1 aliphatic rings. The Kier molecular flexibility index (Phi) is 3.79. The minimum atomic E-state index is 0.181. The highest BCUT2D eigenvalue weighted by Crippen LogP contribution is 2.14. The molecule has 0 aliphatic carbocycles. The number of carbonyl (C=O) groups excluding carboxylic acids is 1. The Morgan fingerprint density at radius 1 is 1.53 bits per heavy atom. The smallest absolute Gasteiger partial charge is 0.220 e. The van der Waals surface area contributed by atoms with Crippen LogP contribution in [0.3, 0.4) is 0 Å². The molecule has 17 heavy (non-hydrogen) atoms. The lowest BCUT2D eigenvalue weighted by Crippen LogP contribution is -2.36. The molecule has 3 nitrogen and oxygen atoms in total. The number of carbonyl (C=O) groups is 1. The number of rotatable bonds is 4. The Morgan fingerprint density at radius 2 is 2.35 bits per heavy atom. The summed E-state index contributed by atoms with van der Waals surface area (Å²) >= 11 is 0. The molecule has 2 rings (SSSR count). The molecule has 1 unspecified atom stereocenters. The average Bonchev–Trinajstić information content (AvgIpc) is 2.72. The predicted octanol–water partition coefficient (Wildman–Crippen LogP) is 1.92. The van der Waals surface area contributed by atoms with Gasteiger partial charge in [0, 0.05) is 25.0 Å². The lowest BCUT2D eigenvalue weighted by molar-refractivity contribution is -0.119. The molecule has 0 aromatic heterocycles. The van der Waals surface area contributed by atoms with Crippen LogP contribution in [0, 0.1) is 6.92 Å². The molecule has 2 N–H and O–H groups in total. The first-order chi connectivity index (χ1) is 8.15. The molecule has 0 spiro atoms. The Morgan fingerprint density at radius 3 is 3.00 bits per heavy atom. The fraction of sp³-hybridized carbons (Fsp3) is 0.500. The fourth-order valence-corrected chi connectivity index (χ4v) is 2.21. The van der Waals surface area contributed by atoms with Gasteiger partial charge in [-0.2, -0.15) is 0 Å². The summed E-state index contributed by atoms with van der Waals surface area (Å²) in [6.45, 7) is 5.11.